The van der Waals surface area contributed by atoms with Crippen LogP contribution in [0.4, 0.5) is 8.78 Å². The van der Waals surface area contributed by atoms with E-state index in [1.807, 2.05) is 0 Å². The van der Waals surface area contributed by atoms with E-state index in [0.29, 0.717) is 5.56 Å². The van der Waals surface area contributed by atoms with Crippen LogP contribution in [0.15, 0.2) is 24.3 Å². The van der Waals surface area contributed by atoms with Crippen molar-refractivity contribution < 1.29 is 23.4 Å². The maximum Gasteiger partial charge on any atom is 0.501 e. The minimum atomic E-state index is -4.19. The van der Waals surface area contributed by atoms with Crippen LogP contribution in [-0.4, -0.2) is 17.2 Å². The number of carboxylic acid groups (broad SMARTS) is 1. The molecule has 1 aromatic rings. The van der Waals surface area contributed by atoms with Crippen LogP contribution in [-0.2, 0) is 4.79 Å². The summed E-state index contributed by atoms with van der Waals surface area (Å²) in [6.45, 7) is 0. The van der Waals surface area contributed by atoms with Crippen LogP contribution in [0.25, 0.3) is 0 Å². The smallest absolute Gasteiger partial charge is 0.474 e. The number of benzene rings is 1. The Balaban J connectivity index is 2.23. The second-order valence-corrected chi connectivity index (χ2v) is 4.80. The Morgan fingerprint density at radius 2 is 1.84 bits per heavy atom. The fourth-order valence-corrected chi connectivity index (χ4v) is 2.51. The van der Waals surface area contributed by atoms with E-state index in [-0.39, 0.29) is 11.7 Å². The summed E-state index contributed by atoms with van der Waals surface area (Å²) >= 11 is 0. The van der Waals surface area contributed by atoms with Crippen molar-refractivity contribution in [1.82, 2.24) is 0 Å². The molecular formula is C14H16F2O3. The van der Waals surface area contributed by atoms with Crippen LogP contribution in [0, 0.1) is 0 Å². The highest BCUT2D eigenvalue weighted by molar-refractivity contribution is 5.74. The summed E-state index contributed by atoms with van der Waals surface area (Å²) in [5.74, 6) is -2.12. The van der Waals surface area contributed by atoms with Gasteiger partial charge in [0.25, 0.3) is 0 Å². The van der Waals surface area contributed by atoms with Crippen molar-refractivity contribution >= 4 is 5.97 Å². The van der Waals surface area contributed by atoms with Crippen molar-refractivity contribution in [2.75, 3.05) is 0 Å². The molecule has 1 aliphatic rings. The number of ether oxygens (including phenoxy) is 1. The first-order valence-corrected chi connectivity index (χ1v) is 6.40. The molecule has 0 aliphatic heterocycles. The van der Waals surface area contributed by atoms with E-state index in [1.165, 1.54) is 6.07 Å². The van der Waals surface area contributed by atoms with Gasteiger partial charge in [-0.2, -0.15) is 8.78 Å². The van der Waals surface area contributed by atoms with E-state index in [0.717, 1.165) is 32.1 Å². The van der Waals surface area contributed by atoms with Gasteiger partial charge in [-0.1, -0.05) is 37.5 Å². The lowest BCUT2D eigenvalue weighted by Gasteiger charge is -2.25. The van der Waals surface area contributed by atoms with Crippen LogP contribution in [0.5, 0.6) is 5.75 Å². The summed E-state index contributed by atoms with van der Waals surface area (Å²) in [6.07, 6.45) is 0.955. The Morgan fingerprint density at radius 3 is 2.47 bits per heavy atom. The average Bonchev–Trinajstić information content (AvgIpc) is 2.40. The van der Waals surface area contributed by atoms with E-state index < -0.39 is 12.1 Å². The summed E-state index contributed by atoms with van der Waals surface area (Å²) in [4.78, 5) is 10.4. The lowest BCUT2D eigenvalue weighted by molar-refractivity contribution is -0.211. The first kappa shape index (κ1) is 13.8. The van der Waals surface area contributed by atoms with Crippen molar-refractivity contribution in [3.8, 4) is 5.75 Å². The minimum absolute atomic E-state index is 0.0261. The summed E-state index contributed by atoms with van der Waals surface area (Å²) in [5.41, 5.74) is 0.683. The summed E-state index contributed by atoms with van der Waals surface area (Å²) < 4.78 is 30.7. The van der Waals surface area contributed by atoms with Gasteiger partial charge in [-0.25, -0.2) is 4.79 Å². The quantitative estimate of drug-likeness (QED) is 0.905. The van der Waals surface area contributed by atoms with Gasteiger partial charge < -0.3 is 9.84 Å². The molecule has 104 valence electrons. The Kier molecular flexibility index (Phi) is 4.02. The molecule has 1 fully saturated rings. The number of alkyl halides is 2. The van der Waals surface area contributed by atoms with Crippen LogP contribution < -0.4 is 4.74 Å². The molecule has 0 atom stereocenters. The zero-order valence-electron chi connectivity index (χ0n) is 10.4. The first-order valence-electron chi connectivity index (χ1n) is 6.40. The highest BCUT2D eigenvalue weighted by atomic mass is 19.3. The Hall–Kier alpha value is -1.65. The van der Waals surface area contributed by atoms with Crippen molar-refractivity contribution in [1.29, 1.82) is 0 Å². The predicted molar refractivity (Wildman–Crippen MR) is 65.5 cm³/mol. The zero-order chi connectivity index (χ0) is 13.9. The highest BCUT2D eigenvalue weighted by Crippen LogP contribution is 2.38. The Morgan fingerprint density at radius 1 is 1.21 bits per heavy atom. The molecule has 5 heteroatoms. The van der Waals surface area contributed by atoms with Crippen molar-refractivity contribution in [3.05, 3.63) is 29.8 Å². The molecule has 0 saturated heterocycles. The van der Waals surface area contributed by atoms with Crippen LogP contribution in [0.3, 0.4) is 0 Å². The molecule has 0 heterocycles. The van der Waals surface area contributed by atoms with Gasteiger partial charge in [0.05, 0.1) is 0 Å². The fourth-order valence-electron chi connectivity index (χ4n) is 2.51. The molecular weight excluding hydrogens is 254 g/mol. The van der Waals surface area contributed by atoms with Gasteiger partial charge >= 0.3 is 12.1 Å². The number of hydrogen-bond donors (Lipinski definition) is 1. The number of hydrogen-bond acceptors (Lipinski definition) is 2. The predicted octanol–water partition coefficient (Wildman–Crippen LogP) is 3.79. The number of halogens is 2. The molecule has 0 spiro atoms. The largest absolute Gasteiger partial charge is 0.501 e. The van der Waals surface area contributed by atoms with Crippen molar-refractivity contribution in [2.24, 2.45) is 0 Å². The SMILES string of the molecule is O=C(O)C(F)(F)Oc1ccccc1C1CCCCC1. The average molecular weight is 270 g/mol. The van der Waals surface area contributed by atoms with Crippen LogP contribution in [0.2, 0.25) is 0 Å². The maximum absolute atomic E-state index is 13.2. The molecule has 0 unspecified atom stereocenters. The van der Waals surface area contributed by atoms with Gasteiger partial charge in [0, 0.05) is 0 Å². The number of rotatable bonds is 4. The molecule has 1 N–H and O–H groups in total. The summed E-state index contributed by atoms with van der Waals surface area (Å²) in [7, 11) is 0. The first-order chi connectivity index (χ1) is 9.00. The highest BCUT2D eigenvalue weighted by Gasteiger charge is 2.43. The van der Waals surface area contributed by atoms with Gasteiger partial charge in [0.15, 0.2) is 0 Å². The number of para-hydroxylation sites is 1. The molecule has 0 amide bonds. The van der Waals surface area contributed by atoms with Crippen LogP contribution >= 0.6 is 0 Å². The van der Waals surface area contributed by atoms with E-state index in [2.05, 4.69) is 4.74 Å². The second kappa shape index (κ2) is 5.55. The lowest BCUT2D eigenvalue weighted by atomic mass is 9.84. The van der Waals surface area contributed by atoms with Gasteiger partial charge in [-0.15, -0.1) is 0 Å². The molecule has 2 rings (SSSR count). The standard InChI is InChI=1S/C14H16F2O3/c15-14(16,13(17)18)19-12-9-5-4-8-11(12)10-6-2-1-3-7-10/h4-5,8-10H,1-3,6-7H2,(H,17,18). The molecule has 0 radical (unpaired) electrons. The molecule has 1 aliphatic carbocycles. The number of aliphatic carboxylic acids is 1. The minimum Gasteiger partial charge on any atom is -0.474 e. The van der Waals surface area contributed by atoms with Crippen molar-refractivity contribution in [2.45, 2.75) is 44.1 Å². The van der Waals surface area contributed by atoms with E-state index in [9.17, 15) is 13.6 Å². The topological polar surface area (TPSA) is 46.5 Å². The molecule has 0 aromatic heterocycles. The van der Waals surface area contributed by atoms with E-state index in [1.54, 1.807) is 18.2 Å². The third-order valence-electron chi connectivity index (χ3n) is 3.45. The monoisotopic (exact) mass is 270 g/mol. The lowest BCUT2D eigenvalue weighted by Crippen LogP contribution is -2.35. The molecule has 1 saturated carbocycles. The number of carboxylic acids is 1. The van der Waals surface area contributed by atoms with Gasteiger partial charge in [0.2, 0.25) is 0 Å². The zero-order valence-corrected chi connectivity index (χ0v) is 10.4. The van der Waals surface area contributed by atoms with E-state index in [4.69, 9.17) is 5.11 Å². The number of carbonyl (C=O) groups is 1. The Labute approximate surface area is 110 Å². The third kappa shape index (κ3) is 3.22. The van der Waals surface area contributed by atoms with Gasteiger partial charge in [-0.05, 0) is 30.4 Å². The Bertz CT molecular complexity index is 454. The van der Waals surface area contributed by atoms with Gasteiger partial charge in [-0.3, -0.25) is 0 Å². The fraction of sp³-hybridized carbons (Fsp3) is 0.500. The van der Waals surface area contributed by atoms with Gasteiger partial charge in [0.1, 0.15) is 5.75 Å². The third-order valence-corrected chi connectivity index (χ3v) is 3.45. The van der Waals surface area contributed by atoms with E-state index >= 15 is 0 Å². The second-order valence-electron chi connectivity index (χ2n) is 4.80. The van der Waals surface area contributed by atoms with Crippen molar-refractivity contribution in [3.63, 3.8) is 0 Å². The van der Waals surface area contributed by atoms with Crippen LogP contribution in [0.1, 0.15) is 43.6 Å². The molecule has 3 nitrogen and oxygen atoms in total. The molecule has 1 aromatic carbocycles. The maximum atomic E-state index is 13.2. The molecule has 0 bridgehead atoms. The normalized spacial score (nSPS) is 17.2. The molecule has 19 heavy (non-hydrogen) atoms. The summed E-state index contributed by atoms with van der Waals surface area (Å²) in [5, 5.41) is 8.43. The summed E-state index contributed by atoms with van der Waals surface area (Å²) in [6, 6.07) is 6.47.